The Bertz CT molecular complexity index is 430. The van der Waals surface area contributed by atoms with Crippen molar-refractivity contribution in [1.82, 2.24) is 15.7 Å². The first-order valence-corrected chi connectivity index (χ1v) is 6.69. The van der Waals surface area contributed by atoms with Crippen LogP contribution in [0.4, 0.5) is 0 Å². The third kappa shape index (κ3) is 5.27. The Labute approximate surface area is 129 Å². The molecule has 2 N–H and O–H groups in total. The quantitative estimate of drug-likeness (QED) is 0.387. The maximum absolute atomic E-state index is 5.21. The molecule has 1 radical (unpaired) electrons. The minimum absolute atomic E-state index is 0. The second kappa shape index (κ2) is 8.25. The molecule has 105 valence electrons. The van der Waals surface area contributed by atoms with Crippen LogP contribution < -0.4 is 10.7 Å². The number of nitrogens with zero attached hydrogens (tertiary/aromatic N) is 2. The number of hydrogen-bond donors (Lipinski definition) is 2. The minimum Gasteiger partial charge on any atom is -0.359 e. The summed E-state index contributed by atoms with van der Waals surface area (Å²) in [6.45, 7) is 1.91. The first-order valence-electron chi connectivity index (χ1n) is 6.28. The molecule has 0 atom stereocenters. The van der Waals surface area contributed by atoms with Crippen LogP contribution in [0.5, 0.6) is 0 Å². The molecule has 0 aliphatic heterocycles. The average molecular weight is 326 g/mol. The SMILES string of the molecule is CC(=NNC(=S)NC1CCCC1)c1ccccn1.[Cu+2]. The molecular weight excluding hydrogens is 308 g/mol. The molecular formula is C13H18CuN4S+2. The second-order valence-corrected chi connectivity index (χ2v) is 4.89. The van der Waals surface area contributed by atoms with E-state index in [4.69, 9.17) is 12.2 Å². The van der Waals surface area contributed by atoms with Gasteiger partial charge in [-0.2, -0.15) is 5.10 Å². The summed E-state index contributed by atoms with van der Waals surface area (Å²) in [5.41, 5.74) is 4.56. The molecule has 0 bridgehead atoms. The van der Waals surface area contributed by atoms with Crippen molar-refractivity contribution in [2.75, 3.05) is 0 Å². The number of pyridine rings is 1. The molecule has 2 rings (SSSR count). The van der Waals surface area contributed by atoms with Crippen LogP contribution in [-0.2, 0) is 17.1 Å². The van der Waals surface area contributed by atoms with E-state index in [-0.39, 0.29) is 17.1 Å². The van der Waals surface area contributed by atoms with Crippen LogP contribution in [0.3, 0.4) is 0 Å². The number of hydrazone groups is 1. The van der Waals surface area contributed by atoms with Gasteiger partial charge < -0.3 is 5.32 Å². The standard InChI is InChI=1S/C13H18N4S.Cu/c1-10(12-8-4-5-9-14-12)16-17-13(18)15-11-6-2-3-7-11;/h4-5,8-9,11H,2-3,6-7H2,1H3,(H2,15,17,18);/q;+2. The molecule has 0 saturated heterocycles. The van der Waals surface area contributed by atoms with Crippen LogP contribution in [-0.4, -0.2) is 21.8 Å². The summed E-state index contributed by atoms with van der Waals surface area (Å²) in [6, 6.07) is 6.26. The van der Waals surface area contributed by atoms with E-state index >= 15 is 0 Å². The van der Waals surface area contributed by atoms with Crippen LogP contribution in [0.2, 0.25) is 0 Å². The predicted molar refractivity (Wildman–Crippen MR) is 77.6 cm³/mol. The fraction of sp³-hybridized carbons (Fsp3) is 0.462. The molecule has 0 aromatic carbocycles. The average Bonchev–Trinajstić information content (AvgIpc) is 2.90. The van der Waals surface area contributed by atoms with Gasteiger partial charge in [0, 0.05) is 12.2 Å². The molecule has 1 aromatic rings. The number of thiocarbonyl (C=S) groups is 1. The summed E-state index contributed by atoms with van der Waals surface area (Å²) < 4.78 is 0. The Kier molecular flexibility index (Phi) is 6.98. The number of rotatable bonds is 3. The van der Waals surface area contributed by atoms with Gasteiger partial charge in [0.1, 0.15) is 0 Å². The molecule has 1 heterocycles. The van der Waals surface area contributed by atoms with E-state index in [0.29, 0.717) is 11.2 Å². The van der Waals surface area contributed by atoms with Gasteiger partial charge >= 0.3 is 17.1 Å². The summed E-state index contributed by atoms with van der Waals surface area (Å²) in [6.07, 6.45) is 6.73. The molecule has 1 aliphatic carbocycles. The van der Waals surface area contributed by atoms with Gasteiger partial charge in [-0.3, -0.25) is 10.4 Å². The van der Waals surface area contributed by atoms with Crippen molar-refractivity contribution in [3.8, 4) is 0 Å². The molecule has 0 unspecified atom stereocenters. The van der Waals surface area contributed by atoms with E-state index in [0.717, 1.165) is 11.4 Å². The maximum Gasteiger partial charge on any atom is 2.00 e. The van der Waals surface area contributed by atoms with E-state index in [2.05, 4.69) is 20.8 Å². The third-order valence-corrected chi connectivity index (χ3v) is 3.26. The van der Waals surface area contributed by atoms with Crippen LogP contribution in [0.25, 0.3) is 0 Å². The summed E-state index contributed by atoms with van der Waals surface area (Å²) >= 11 is 5.21. The first-order chi connectivity index (χ1) is 8.75. The van der Waals surface area contributed by atoms with Gasteiger partial charge in [-0.05, 0) is 44.1 Å². The molecule has 0 amide bonds. The smallest absolute Gasteiger partial charge is 0.359 e. The predicted octanol–water partition coefficient (Wildman–Crippen LogP) is 2.21. The Morgan fingerprint density at radius 2 is 2.11 bits per heavy atom. The Morgan fingerprint density at radius 3 is 2.74 bits per heavy atom. The van der Waals surface area contributed by atoms with Gasteiger partial charge in [0.05, 0.1) is 11.4 Å². The molecule has 1 fully saturated rings. The van der Waals surface area contributed by atoms with Crippen LogP contribution >= 0.6 is 12.2 Å². The zero-order chi connectivity index (χ0) is 12.8. The molecule has 1 aliphatic rings. The van der Waals surface area contributed by atoms with E-state index in [1.54, 1.807) is 6.20 Å². The van der Waals surface area contributed by atoms with Crippen LogP contribution in [0, 0.1) is 0 Å². The maximum atomic E-state index is 5.21. The Morgan fingerprint density at radius 1 is 1.37 bits per heavy atom. The van der Waals surface area contributed by atoms with Gasteiger partial charge in [-0.25, -0.2) is 0 Å². The van der Waals surface area contributed by atoms with Gasteiger partial charge in [-0.1, -0.05) is 18.9 Å². The third-order valence-electron chi connectivity index (χ3n) is 3.05. The van der Waals surface area contributed by atoms with Crippen molar-refractivity contribution in [1.29, 1.82) is 0 Å². The van der Waals surface area contributed by atoms with Crippen LogP contribution in [0.15, 0.2) is 29.5 Å². The molecule has 1 aromatic heterocycles. The van der Waals surface area contributed by atoms with Crippen molar-refractivity contribution >= 4 is 23.0 Å². The molecule has 4 nitrogen and oxygen atoms in total. The number of nitrogens with one attached hydrogen (secondary N) is 2. The van der Waals surface area contributed by atoms with Crippen molar-refractivity contribution < 1.29 is 17.1 Å². The van der Waals surface area contributed by atoms with Crippen molar-refractivity contribution in [3.05, 3.63) is 30.1 Å². The summed E-state index contributed by atoms with van der Waals surface area (Å²) in [7, 11) is 0. The molecule has 6 heteroatoms. The van der Waals surface area contributed by atoms with Gasteiger partial charge in [-0.15, -0.1) is 0 Å². The second-order valence-electron chi connectivity index (χ2n) is 4.48. The fourth-order valence-corrected chi connectivity index (χ4v) is 2.27. The zero-order valence-corrected chi connectivity index (χ0v) is 12.6. The summed E-state index contributed by atoms with van der Waals surface area (Å²) in [5, 5.41) is 8.11. The van der Waals surface area contributed by atoms with Crippen LogP contribution in [0.1, 0.15) is 38.3 Å². The van der Waals surface area contributed by atoms with Crippen molar-refractivity contribution in [3.63, 3.8) is 0 Å². The number of hydrogen-bond acceptors (Lipinski definition) is 3. The van der Waals surface area contributed by atoms with E-state index < -0.39 is 0 Å². The normalized spacial score (nSPS) is 15.7. The van der Waals surface area contributed by atoms with Crippen molar-refractivity contribution in [2.24, 2.45) is 5.10 Å². The van der Waals surface area contributed by atoms with Gasteiger partial charge in [0.25, 0.3) is 0 Å². The Hall–Kier alpha value is -0.971. The first kappa shape index (κ1) is 16.1. The topological polar surface area (TPSA) is 49.3 Å². The fourth-order valence-electron chi connectivity index (χ4n) is 2.06. The Balaban J connectivity index is 0.00000180. The van der Waals surface area contributed by atoms with Crippen molar-refractivity contribution in [2.45, 2.75) is 38.6 Å². The summed E-state index contributed by atoms with van der Waals surface area (Å²) in [4.78, 5) is 4.23. The minimum atomic E-state index is 0. The van der Waals surface area contributed by atoms with E-state index in [1.807, 2.05) is 25.1 Å². The number of aromatic nitrogens is 1. The van der Waals surface area contributed by atoms with E-state index in [1.165, 1.54) is 25.7 Å². The van der Waals surface area contributed by atoms with E-state index in [9.17, 15) is 0 Å². The van der Waals surface area contributed by atoms with Gasteiger partial charge in [0.2, 0.25) is 0 Å². The molecule has 0 spiro atoms. The zero-order valence-electron chi connectivity index (χ0n) is 10.8. The molecule has 19 heavy (non-hydrogen) atoms. The largest absolute Gasteiger partial charge is 2.00 e. The monoisotopic (exact) mass is 325 g/mol. The molecule has 1 saturated carbocycles. The summed E-state index contributed by atoms with van der Waals surface area (Å²) in [5.74, 6) is 0. The van der Waals surface area contributed by atoms with Gasteiger partial charge in [0.15, 0.2) is 5.11 Å².